The van der Waals surface area contributed by atoms with Gasteiger partial charge in [0.25, 0.3) is 0 Å². The SMILES string of the molecule is OC1CC(NCC(O)c2ccc3c(c2)OCCO3)C1. The van der Waals surface area contributed by atoms with Crippen molar-refractivity contribution in [3.63, 3.8) is 0 Å². The zero-order valence-corrected chi connectivity index (χ0v) is 10.7. The van der Waals surface area contributed by atoms with E-state index in [-0.39, 0.29) is 6.10 Å². The molecule has 19 heavy (non-hydrogen) atoms. The average molecular weight is 265 g/mol. The zero-order valence-electron chi connectivity index (χ0n) is 10.7. The molecule has 3 rings (SSSR count). The second kappa shape index (κ2) is 5.36. The van der Waals surface area contributed by atoms with Gasteiger partial charge in [0.15, 0.2) is 11.5 Å². The van der Waals surface area contributed by atoms with Crippen molar-refractivity contribution in [2.45, 2.75) is 31.1 Å². The molecule has 0 amide bonds. The van der Waals surface area contributed by atoms with Gasteiger partial charge in [0.05, 0.1) is 12.2 Å². The summed E-state index contributed by atoms with van der Waals surface area (Å²) in [7, 11) is 0. The van der Waals surface area contributed by atoms with Crippen molar-refractivity contribution in [2.75, 3.05) is 19.8 Å². The van der Waals surface area contributed by atoms with Gasteiger partial charge in [-0.2, -0.15) is 0 Å². The van der Waals surface area contributed by atoms with E-state index in [1.54, 1.807) is 0 Å². The van der Waals surface area contributed by atoms with Gasteiger partial charge in [0, 0.05) is 12.6 Å². The normalized spacial score (nSPS) is 26.6. The molecule has 0 aromatic heterocycles. The second-order valence-electron chi connectivity index (χ2n) is 5.15. The molecular formula is C14H19NO4. The maximum Gasteiger partial charge on any atom is 0.161 e. The molecule has 1 fully saturated rings. The number of aliphatic hydroxyl groups is 2. The van der Waals surface area contributed by atoms with Gasteiger partial charge in [-0.05, 0) is 30.5 Å². The molecule has 5 nitrogen and oxygen atoms in total. The third-order valence-corrected chi connectivity index (χ3v) is 3.66. The van der Waals surface area contributed by atoms with Crippen molar-refractivity contribution in [2.24, 2.45) is 0 Å². The van der Waals surface area contributed by atoms with E-state index in [0.717, 1.165) is 24.2 Å². The first-order valence-corrected chi connectivity index (χ1v) is 6.71. The summed E-state index contributed by atoms with van der Waals surface area (Å²) < 4.78 is 10.9. The molecule has 5 heteroatoms. The fraction of sp³-hybridized carbons (Fsp3) is 0.571. The number of aliphatic hydroxyl groups excluding tert-OH is 2. The van der Waals surface area contributed by atoms with Gasteiger partial charge in [-0.15, -0.1) is 0 Å². The quantitative estimate of drug-likeness (QED) is 0.744. The Balaban J connectivity index is 1.58. The number of hydrogen-bond donors (Lipinski definition) is 3. The molecule has 1 atom stereocenters. The predicted molar refractivity (Wildman–Crippen MR) is 69.4 cm³/mol. The van der Waals surface area contributed by atoms with Crippen molar-refractivity contribution < 1.29 is 19.7 Å². The summed E-state index contributed by atoms with van der Waals surface area (Å²) in [6, 6.07) is 5.84. The first-order valence-electron chi connectivity index (χ1n) is 6.71. The average Bonchev–Trinajstić information content (AvgIpc) is 2.41. The molecule has 1 saturated carbocycles. The van der Waals surface area contributed by atoms with E-state index in [1.165, 1.54) is 0 Å². The van der Waals surface area contributed by atoms with E-state index in [4.69, 9.17) is 9.47 Å². The van der Waals surface area contributed by atoms with Crippen LogP contribution in [0.25, 0.3) is 0 Å². The maximum absolute atomic E-state index is 10.1. The summed E-state index contributed by atoms with van der Waals surface area (Å²) in [5.41, 5.74) is 0.816. The summed E-state index contributed by atoms with van der Waals surface area (Å²) in [6.07, 6.45) is 0.791. The van der Waals surface area contributed by atoms with Crippen LogP contribution in [-0.4, -0.2) is 42.1 Å². The molecule has 104 valence electrons. The lowest BCUT2D eigenvalue weighted by atomic mass is 9.89. The van der Waals surface area contributed by atoms with Gasteiger partial charge >= 0.3 is 0 Å². The van der Waals surface area contributed by atoms with Crippen LogP contribution in [0, 0.1) is 0 Å². The lowest BCUT2D eigenvalue weighted by molar-refractivity contribution is 0.0550. The smallest absolute Gasteiger partial charge is 0.161 e. The van der Waals surface area contributed by atoms with Crippen molar-refractivity contribution in [3.8, 4) is 11.5 Å². The number of nitrogens with one attached hydrogen (secondary N) is 1. The van der Waals surface area contributed by atoms with Gasteiger partial charge in [0.2, 0.25) is 0 Å². The minimum atomic E-state index is -0.575. The lowest BCUT2D eigenvalue weighted by Gasteiger charge is -2.33. The fourth-order valence-corrected chi connectivity index (χ4v) is 2.42. The third kappa shape index (κ3) is 2.83. The number of ether oxygens (including phenoxy) is 2. The Morgan fingerprint density at radius 1 is 1.21 bits per heavy atom. The molecule has 1 aromatic rings. The fourth-order valence-electron chi connectivity index (χ4n) is 2.42. The molecule has 1 aliphatic heterocycles. The highest BCUT2D eigenvalue weighted by molar-refractivity contribution is 5.44. The molecule has 0 bridgehead atoms. The molecular weight excluding hydrogens is 246 g/mol. The van der Waals surface area contributed by atoms with Crippen molar-refractivity contribution in [3.05, 3.63) is 23.8 Å². The van der Waals surface area contributed by atoms with Crippen molar-refractivity contribution >= 4 is 0 Å². The number of hydrogen-bond acceptors (Lipinski definition) is 5. The Labute approximate surface area is 112 Å². The highest BCUT2D eigenvalue weighted by Gasteiger charge is 2.27. The van der Waals surface area contributed by atoms with Crippen molar-refractivity contribution in [1.29, 1.82) is 0 Å². The summed E-state index contributed by atoms with van der Waals surface area (Å²) in [4.78, 5) is 0. The molecule has 0 radical (unpaired) electrons. The molecule has 1 unspecified atom stereocenters. The molecule has 0 spiro atoms. The summed E-state index contributed by atoms with van der Waals surface area (Å²) >= 11 is 0. The Morgan fingerprint density at radius 3 is 2.68 bits per heavy atom. The molecule has 1 heterocycles. The van der Waals surface area contributed by atoms with E-state index in [0.29, 0.717) is 31.5 Å². The van der Waals surface area contributed by atoms with Crippen LogP contribution < -0.4 is 14.8 Å². The van der Waals surface area contributed by atoms with Gasteiger partial charge in [0.1, 0.15) is 13.2 Å². The third-order valence-electron chi connectivity index (χ3n) is 3.66. The molecule has 1 aliphatic carbocycles. The lowest BCUT2D eigenvalue weighted by Crippen LogP contribution is -2.45. The second-order valence-corrected chi connectivity index (χ2v) is 5.15. The Hall–Kier alpha value is -1.30. The van der Waals surface area contributed by atoms with Crippen LogP contribution in [-0.2, 0) is 0 Å². The molecule has 2 aliphatic rings. The van der Waals surface area contributed by atoms with E-state index >= 15 is 0 Å². The summed E-state index contributed by atoms with van der Waals surface area (Å²) in [5.74, 6) is 1.43. The number of rotatable bonds is 4. The van der Waals surface area contributed by atoms with Crippen LogP contribution in [0.3, 0.4) is 0 Å². The molecule has 3 N–H and O–H groups in total. The van der Waals surface area contributed by atoms with Crippen LogP contribution in [0.5, 0.6) is 11.5 Å². The topological polar surface area (TPSA) is 71.0 Å². The minimum absolute atomic E-state index is 0.177. The summed E-state index contributed by atoms with van der Waals surface area (Å²) in [5, 5.41) is 22.6. The van der Waals surface area contributed by atoms with Crippen LogP contribution in [0.1, 0.15) is 24.5 Å². The van der Waals surface area contributed by atoms with E-state index in [2.05, 4.69) is 5.32 Å². The van der Waals surface area contributed by atoms with E-state index in [1.807, 2.05) is 18.2 Å². The van der Waals surface area contributed by atoms with E-state index < -0.39 is 6.10 Å². The van der Waals surface area contributed by atoms with Crippen LogP contribution in [0.15, 0.2) is 18.2 Å². The van der Waals surface area contributed by atoms with Crippen molar-refractivity contribution in [1.82, 2.24) is 5.32 Å². The highest BCUT2D eigenvalue weighted by Crippen LogP contribution is 2.32. The number of benzene rings is 1. The first-order chi connectivity index (χ1) is 9.22. The summed E-state index contributed by atoms with van der Waals surface area (Å²) in [6.45, 7) is 1.60. The standard InChI is InChI=1S/C14H19NO4/c16-11-6-10(7-11)15-8-12(17)9-1-2-13-14(5-9)19-4-3-18-13/h1-2,5,10-12,15-17H,3-4,6-8H2. The van der Waals surface area contributed by atoms with Crippen LogP contribution >= 0.6 is 0 Å². The molecule has 1 aromatic carbocycles. The van der Waals surface area contributed by atoms with Gasteiger partial charge < -0.3 is 25.0 Å². The molecule has 0 saturated heterocycles. The zero-order chi connectivity index (χ0) is 13.2. The Kier molecular flexibility index (Phi) is 3.59. The van der Waals surface area contributed by atoms with E-state index in [9.17, 15) is 10.2 Å². The number of fused-ring (bicyclic) bond motifs is 1. The predicted octanol–water partition coefficient (Wildman–Crippen LogP) is 0.604. The minimum Gasteiger partial charge on any atom is -0.486 e. The van der Waals surface area contributed by atoms with Gasteiger partial charge in [-0.3, -0.25) is 0 Å². The van der Waals surface area contributed by atoms with Crippen LogP contribution in [0.2, 0.25) is 0 Å². The van der Waals surface area contributed by atoms with Gasteiger partial charge in [-0.1, -0.05) is 6.07 Å². The van der Waals surface area contributed by atoms with Crippen LogP contribution in [0.4, 0.5) is 0 Å². The van der Waals surface area contributed by atoms with Gasteiger partial charge in [-0.25, -0.2) is 0 Å². The monoisotopic (exact) mass is 265 g/mol. The maximum atomic E-state index is 10.1. The largest absolute Gasteiger partial charge is 0.486 e. The Morgan fingerprint density at radius 2 is 1.95 bits per heavy atom. The Bertz CT molecular complexity index is 445. The first kappa shape index (κ1) is 12.7. The highest BCUT2D eigenvalue weighted by atomic mass is 16.6.